The molecular weight excluding hydrogens is 384 g/mol. The maximum absolute atomic E-state index is 12.2. The predicted molar refractivity (Wildman–Crippen MR) is 114 cm³/mol. The van der Waals surface area contributed by atoms with Crippen LogP contribution in [0.1, 0.15) is 21.7 Å². The quantitative estimate of drug-likeness (QED) is 0.554. The Balaban J connectivity index is 1.59. The number of amides is 2. The SMILES string of the molecule is COc1cccc(/C=C/C(=O)NCc2cccc(NC(=O)c3ccco3)c2)c1OC. The number of hydrogen-bond donors (Lipinski definition) is 2. The van der Waals surface area contributed by atoms with E-state index >= 15 is 0 Å². The first-order chi connectivity index (χ1) is 14.6. The fraction of sp³-hybridized carbons (Fsp3) is 0.130. The summed E-state index contributed by atoms with van der Waals surface area (Å²) in [5.74, 6) is 0.783. The van der Waals surface area contributed by atoms with Gasteiger partial charge in [-0.2, -0.15) is 0 Å². The minimum atomic E-state index is -0.337. The lowest BCUT2D eigenvalue weighted by atomic mass is 10.1. The highest BCUT2D eigenvalue weighted by molar-refractivity contribution is 6.02. The Bertz CT molecular complexity index is 1040. The molecule has 3 rings (SSSR count). The number of anilines is 1. The Morgan fingerprint density at radius 1 is 1.03 bits per heavy atom. The molecule has 0 atom stereocenters. The highest BCUT2D eigenvalue weighted by atomic mass is 16.5. The molecule has 0 radical (unpaired) electrons. The van der Waals surface area contributed by atoms with E-state index < -0.39 is 0 Å². The summed E-state index contributed by atoms with van der Waals surface area (Å²) in [5.41, 5.74) is 2.18. The second-order valence-corrected chi connectivity index (χ2v) is 6.27. The van der Waals surface area contributed by atoms with Crippen molar-refractivity contribution in [1.29, 1.82) is 0 Å². The molecule has 2 N–H and O–H groups in total. The van der Waals surface area contributed by atoms with Gasteiger partial charge in [0.15, 0.2) is 17.3 Å². The second kappa shape index (κ2) is 9.97. The van der Waals surface area contributed by atoms with Crippen molar-refractivity contribution in [1.82, 2.24) is 5.32 Å². The molecule has 0 aliphatic rings. The topological polar surface area (TPSA) is 89.8 Å². The lowest BCUT2D eigenvalue weighted by molar-refractivity contribution is -0.116. The van der Waals surface area contributed by atoms with E-state index in [9.17, 15) is 9.59 Å². The van der Waals surface area contributed by atoms with Crippen molar-refractivity contribution >= 4 is 23.6 Å². The molecule has 7 nitrogen and oxygen atoms in total. The van der Waals surface area contributed by atoms with Crippen molar-refractivity contribution in [3.8, 4) is 11.5 Å². The second-order valence-electron chi connectivity index (χ2n) is 6.27. The van der Waals surface area contributed by atoms with Crippen molar-refractivity contribution in [3.05, 3.63) is 83.8 Å². The number of benzene rings is 2. The van der Waals surface area contributed by atoms with Crippen molar-refractivity contribution in [2.75, 3.05) is 19.5 Å². The lowest BCUT2D eigenvalue weighted by Crippen LogP contribution is -2.20. The molecular formula is C23H22N2O5. The van der Waals surface area contributed by atoms with Gasteiger partial charge < -0.3 is 24.5 Å². The van der Waals surface area contributed by atoms with Gasteiger partial charge in [0, 0.05) is 23.9 Å². The van der Waals surface area contributed by atoms with Crippen LogP contribution in [0.5, 0.6) is 11.5 Å². The van der Waals surface area contributed by atoms with Gasteiger partial charge in [0.2, 0.25) is 5.91 Å². The summed E-state index contributed by atoms with van der Waals surface area (Å²) in [4.78, 5) is 24.3. The van der Waals surface area contributed by atoms with Crippen LogP contribution in [0.25, 0.3) is 6.08 Å². The van der Waals surface area contributed by atoms with Crippen LogP contribution in [-0.2, 0) is 11.3 Å². The van der Waals surface area contributed by atoms with Crippen LogP contribution in [-0.4, -0.2) is 26.0 Å². The van der Waals surface area contributed by atoms with Gasteiger partial charge in [0.25, 0.3) is 5.91 Å². The van der Waals surface area contributed by atoms with E-state index in [0.29, 0.717) is 23.7 Å². The van der Waals surface area contributed by atoms with E-state index in [0.717, 1.165) is 11.1 Å². The third kappa shape index (κ3) is 5.29. The first-order valence-electron chi connectivity index (χ1n) is 9.21. The summed E-state index contributed by atoms with van der Waals surface area (Å²) in [6.45, 7) is 0.308. The van der Waals surface area contributed by atoms with Gasteiger partial charge in [-0.25, -0.2) is 0 Å². The Labute approximate surface area is 174 Å². The lowest BCUT2D eigenvalue weighted by Gasteiger charge is -2.10. The van der Waals surface area contributed by atoms with E-state index in [1.54, 1.807) is 56.7 Å². The molecule has 0 spiro atoms. The molecule has 0 aliphatic heterocycles. The standard InChI is InChI=1S/C23H22N2O5/c1-28-19-9-4-7-17(22(19)29-2)11-12-21(26)24-15-16-6-3-8-18(14-16)25-23(27)20-10-5-13-30-20/h3-14H,15H2,1-2H3,(H,24,26)(H,25,27)/b12-11+. The van der Waals surface area contributed by atoms with Gasteiger partial charge in [-0.3, -0.25) is 9.59 Å². The monoisotopic (exact) mass is 406 g/mol. The smallest absolute Gasteiger partial charge is 0.291 e. The van der Waals surface area contributed by atoms with Crippen molar-refractivity contribution in [3.63, 3.8) is 0 Å². The van der Waals surface area contributed by atoms with Crippen LogP contribution in [0.4, 0.5) is 5.69 Å². The number of rotatable bonds is 8. The van der Waals surface area contributed by atoms with E-state index in [1.165, 1.54) is 12.3 Å². The van der Waals surface area contributed by atoms with Gasteiger partial charge in [-0.1, -0.05) is 24.3 Å². The van der Waals surface area contributed by atoms with E-state index in [1.807, 2.05) is 18.2 Å². The number of nitrogens with one attached hydrogen (secondary N) is 2. The maximum Gasteiger partial charge on any atom is 0.291 e. The molecule has 0 saturated carbocycles. The highest BCUT2D eigenvalue weighted by Crippen LogP contribution is 2.31. The summed E-state index contributed by atoms with van der Waals surface area (Å²) in [5, 5.41) is 5.57. The molecule has 0 fully saturated rings. The molecule has 1 heterocycles. The van der Waals surface area contributed by atoms with Crippen LogP contribution >= 0.6 is 0 Å². The molecule has 3 aromatic rings. The van der Waals surface area contributed by atoms with Crippen molar-refractivity contribution in [2.45, 2.75) is 6.54 Å². The molecule has 2 amide bonds. The molecule has 2 aromatic carbocycles. The maximum atomic E-state index is 12.2. The summed E-state index contributed by atoms with van der Waals surface area (Å²) in [6.07, 6.45) is 4.53. The summed E-state index contributed by atoms with van der Waals surface area (Å²) in [7, 11) is 3.11. The molecule has 1 aromatic heterocycles. The van der Waals surface area contributed by atoms with Gasteiger partial charge in [0.05, 0.1) is 20.5 Å². The molecule has 154 valence electrons. The van der Waals surface area contributed by atoms with E-state index in [-0.39, 0.29) is 17.6 Å². The number of furan rings is 1. The van der Waals surface area contributed by atoms with Crippen LogP contribution in [0, 0.1) is 0 Å². The number of ether oxygens (including phenoxy) is 2. The zero-order valence-electron chi connectivity index (χ0n) is 16.7. The van der Waals surface area contributed by atoms with Crippen molar-refractivity contribution in [2.24, 2.45) is 0 Å². The zero-order chi connectivity index (χ0) is 21.3. The molecule has 30 heavy (non-hydrogen) atoms. The van der Waals surface area contributed by atoms with Gasteiger partial charge >= 0.3 is 0 Å². The van der Waals surface area contributed by atoms with Crippen LogP contribution in [0.3, 0.4) is 0 Å². The van der Waals surface area contributed by atoms with Crippen LogP contribution in [0.15, 0.2) is 71.4 Å². The molecule has 0 bridgehead atoms. The first-order valence-corrected chi connectivity index (χ1v) is 9.21. The predicted octanol–water partition coefficient (Wildman–Crippen LogP) is 3.88. The Kier molecular flexibility index (Phi) is 6.89. The average molecular weight is 406 g/mol. The summed E-state index contributed by atoms with van der Waals surface area (Å²) in [6, 6.07) is 15.9. The normalized spacial score (nSPS) is 10.6. The number of para-hydroxylation sites is 1. The fourth-order valence-corrected chi connectivity index (χ4v) is 2.82. The number of carbonyl (C=O) groups excluding carboxylic acids is 2. The number of hydrogen-bond acceptors (Lipinski definition) is 5. The van der Waals surface area contributed by atoms with Gasteiger partial charge in [0.1, 0.15) is 0 Å². The zero-order valence-corrected chi connectivity index (χ0v) is 16.7. The minimum absolute atomic E-state index is 0.229. The van der Waals surface area contributed by atoms with Crippen LogP contribution < -0.4 is 20.1 Å². The summed E-state index contributed by atoms with van der Waals surface area (Å²) >= 11 is 0. The third-order valence-corrected chi connectivity index (χ3v) is 4.24. The Morgan fingerprint density at radius 3 is 2.60 bits per heavy atom. The van der Waals surface area contributed by atoms with Crippen LogP contribution in [0.2, 0.25) is 0 Å². The van der Waals surface area contributed by atoms with Crippen molar-refractivity contribution < 1.29 is 23.5 Å². The molecule has 0 aliphatic carbocycles. The number of methoxy groups -OCH3 is 2. The van der Waals surface area contributed by atoms with E-state index in [4.69, 9.17) is 13.9 Å². The highest BCUT2D eigenvalue weighted by Gasteiger charge is 2.09. The molecule has 7 heteroatoms. The molecule has 0 saturated heterocycles. The fourth-order valence-electron chi connectivity index (χ4n) is 2.82. The average Bonchev–Trinajstić information content (AvgIpc) is 3.31. The van der Waals surface area contributed by atoms with Gasteiger partial charge in [-0.05, 0) is 42.0 Å². The largest absolute Gasteiger partial charge is 0.493 e. The van der Waals surface area contributed by atoms with E-state index in [2.05, 4.69) is 10.6 Å². The Morgan fingerprint density at radius 2 is 1.87 bits per heavy atom. The summed E-state index contributed by atoms with van der Waals surface area (Å²) < 4.78 is 15.7. The minimum Gasteiger partial charge on any atom is -0.493 e. The number of carbonyl (C=O) groups is 2. The van der Waals surface area contributed by atoms with Gasteiger partial charge in [-0.15, -0.1) is 0 Å². The molecule has 0 unspecified atom stereocenters. The first kappa shape index (κ1) is 20.7. The Hall–Kier alpha value is -4.00. The third-order valence-electron chi connectivity index (χ3n) is 4.24.